The first-order chi connectivity index (χ1) is 9.45. The molecule has 0 unspecified atom stereocenters. The number of nitrogens with zero attached hydrogens (tertiary/aromatic N) is 1. The fourth-order valence-corrected chi connectivity index (χ4v) is 1.93. The summed E-state index contributed by atoms with van der Waals surface area (Å²) >= 11 is 0. The van der Waals surface area contributed by atoms with E-state index in [2.05, 4.69) is 43.2 Å². The summed E-state index contributed by atoms with van der Waals surface area (Å²) in [5, 5.41) is 2.89. The third kappa shape index (κ3) is 3.92. The standard InChI is InChI=1S/C17H20N2O/c1-17(2,3)13-7-9-14(10-8-13)19-16(20)12-15-6-4-5-11-18-15/h4-11H,12H2,1-3H3,(H,19,20). The summed E-state index contributed by atoms with van der Waals surface area (Å²) in [6.45, 7) is 6.50. The van der Waals surface area contributed by atoms with Crippen LogP contribution in [-0.2, 0) is 16.6 Å². The molecular formula is C17H20N2O. The van der Waals surface area contributed by atoms with E-state index in [9.17, 15) is 4.79 Å². The first-order valence-corrected chi connectivity index (χ1v) is 6.75. The number of anilines is 1. The second-order valence-corrected chi connectivity index (χ2v) is 5.87. The molecule has 0 saturated heterocycles. The molecule has 20 heavy (non-hydrogen) atoms. The van der Waals surface area contributed by atoms with Crippen LogP contribution in [0.25, 0.3) is 0 Å². The number of nitrogens with one attached hydrogen (secondary N) is 1. The number of benzene rings is 1. The van der Waals surface area contributed by atoms with Gasteiger partial charge < -0.3 is 5.32 Å². The van der Waals surface area contributed by atoms with Gasteiger partial charge in [0.25, 0.3) is 0 Å². The van der Waals surface area contributed by atoms with Crippen LogP contribution >= 0.6 is 0 Å². The summed E-state index contributed by atoms with van der Waals surface area (Å²) in [7, 11) is 0. The van der Waals surface area contributed by atoms with E-state index in [0.29, 0.717) is 6.42 Å². The lowest BCUT2D eigenvalue weighted by Crippen LogP contribution is -2.15. The van der Waals surface area contributed by atoms with Crippen LogP contribution in [-0.4, -0.2) is 10.9 Å². The van der Waals surface area contributed by atoms with Crippen molar-refractivity contribution in [1.29, 1.82) is 0 Å². The van der Waals surface area contributed by atoms with Crippen molar-refractivity contribution in [1.82, 2.24) is 4.98 Å². The molecule has 2 aromatic rings. The molecule has 1 aromatic heterocycles. The zero-order valence-electron chi connectivity index (χ0n) is 12.2. The molecule has 0 fully saturated rings. The molecule has 0 aliphatic rings. The maximum atomic E-state index is 11.9. The van der Waals surface area contributed by atoms with E-state index in [1.165, 1.54) is 5.56 Å². The van der Waals surface area contributed by atoms with Gasteiger partial charge in [-0.2, -0.15) is 0 Å². The second kappa shape index (κ2) is 5.87. The molecule has 2 rings (SSSR count). The van der Waals surface area contributed by atoms with Crippen molar-refractivity contribution in [3.8, 4) is 0 Å². The van der Waals surface area contributed by atoms with Crippen LogP contribution < -0.4 is 5.32 Å². The highest BCUT2D eigenvalue weighted by Crippen LogP contribution is 2.23. The summed E-state index contributed by atoms with van der Waals surface area (Å²) in [5.41, 5.74) is 2.96. The topological polar surface area (TPSA) is 42.0 Å². The fourth-order valence-electron chi connectivity index (χ4n) is 1.93. The van der Waals surface area contributed by atoms with Crippen LogP contribution in [0.15, 0.2) is 48.7 Å². The number of pyridine rings is 1. The summed E-state index contributed by atoms with van der Waals surface area (Å²) in [4.78, 5) is 16.1. The normalized spacial score (nSPS) is 11.2. The third-order valence-electron chi connectivity index (χ3n) is 3.10. The Bertz CT molecular complexity index is 568. The van der Waals surface area contributed by atoms with E-state index in [1.807, 2.05) is 30.3 Å². The number of carbonyl (C=O) groups excluding carboxylic acids is 1. The Hall–Kier alpha value is -2.16. The Kier molecular flexibility index (Phi) is 4.18. The molecule has 0 atom stereocenters. The van der Waals surface area contributed by atoms with Gasteiger partial charge in [-0.15, -0.1) is 0 Å². The van der Waals surface area contributed by atoms with Crippen molar-refractivity contribution in [2.75, 3.05) is 5.32 Å². The molecule has 0 aliphatic carbocycles. The van der Waals surface area contributed by atoms with Gasteiger partial charge in [0.05, 0.1) is 6.42 Å². The van der Waals surface area contributed by atoms with E-state index >= 15 is 0 Å². The molecule has 1 heterocycles. The van der Waals surface area contributed by atoms with Gasteiger partial charge in [0.2, 0.25) is 5.91 Å². The predicted octanol–water partition coefficient (Wildman–Crippen LogP) is 3.56. The Labute approximate surface area is 120 Å². The van der Waals surface area contributed by atoms with Crippen LogP contribution in [0, 0.1) is 0 Å². The van der Waals surface area contributed by atoms with Gasteiger partial charge in [-0.05, 0) is 35.2 Å². The number of carbonyl (C=O) groups is 1. The average Bonchev–Trinajstić information content (AvgIpc) is 2.39. The van der Waals surface area contributed by atoms with Crippen molar-refractivity contribution in [2.24, 2.45) is 0 Å². The van der Waals surface area contributed by atoms with E-state index in [1.54, 1.807) is 6.20 Å². The first-order valence-electron chi connectivity index (χ1n) is 6.75. The molecule has 0 saturated carbocycles. The zero-order chi connectivity index (χ0) is 14.6. The van der Waals surface area contributed by atoms with Crippen LogP contribution in [0.2, 0.25) is 0 Å². The van der Waals surface area contributed by atoms with Gasteiger partial charge in [0.15, 0.2) is 0 Å². The highest BCUT2D eigenvalue weighted by molar-refractivity contribution is 5.92. The molecule has 1 amide bonds. The molecule has 0 radical (unpaired) electrons. The fraction of sp³-hybridized carbons (Fsp3) is 0.294. The van der Waals surface area contributed by atoms with Crippen LogP contribution in [0.3, 0.4) is 0 Å². The molecule has 0 spiro atoms. The molecule has 0 aliphatic heterocycles. The maximum absolute atomic E-state index is 11.9. The smallest absolute Gasteiger partial charge is 0.230 e. The van der Waals surface area contributed by atoms with Gasteiger partial charge in [0.1, 0.15) is 0 Å². The Morgan fingerprint density at radius 1 is 1.10 bits per heavy atom. The van der Waals surface area contributed by atoms with Gasteiger partial charge in [0, 0.05) is 17.6 Å². The Balaban J connectivity index is 1.98. The molecular weight excluding hydrogens is 248 g/mol. The largest absolute Gasteiger partial charge is 0.326 e. The summed E-state index contributed by atoms with van der Waals surface area (Å²) < 4.78 is 0. The summed E-state index contributed by atoms with van der Waals surface area (Å²) in [6.07, 6.45) is 1.99. The molecule has 1 N–H and O–H groups in total. The highest BCUT2D eigenvalue weighted by atomic mass is 16.1. The number of aromatic nitrogens is 1. The number of amides is 1. The lowest BCUT2D eigenvalue weighted by molar-refractivity contribution is -0.115. The second-order valence-electron chi connectivity index (χ2n) is 5.87. The predicted molar refractivity (Wildman–Crippen MR) is 81.7 cm³/mol. The quantitative estimate of drug-likeness (QED) is 0.924. The number of hydrogen-bond donors (Lipinski definition) is 1. The average molecular weight is 268 g/mol. The monoisotopic (exact) mass is 268 g/mol. The summed E-state index contributed by atoms with van der Waals surface area (Å²) in [5.74, 6) is -0.0489. The Morgan fingerprint density at radius 3 is 2.35 bits per heavy atom. The molecule has 3 nitrogen and oxygen atoms in total. The van der Waals surface area contributed by atoms with E-state index in [0.717, 1.165) is 11.4 Å². The van der Waals surface area contributed by atoms with Gasteiger partial charge in [-0.1, -0.05) is 39.0 Å². The molecule has 3 heteroatoms. The van der Waals surface area contributed by atoms with Gasteiger partial charge >= 0.3 is 0 Å². The van der Waals surface area contributed by atoms with Gasteiger partial charge in [-0.3, -0.25) is 9.78 Å². The Morgan fingerprint density at radius 2 is 1.80 bits per heavy atom. The van der Waals surface area contributed by atoms with Crippen molar-refractivity contribution in [2.45, 2.75) is 32.6 Å². The van der Waals surface area contributed by atoms with Crippen LogP contribution in [0.1, 0.15) is 32.0 Å². The van der Waals surface area contributed by atoms with Crippen molar-refractivity contribution in [3.63, 3.8) is 0 Å². The number of hydrogen-bond acceptors (Lipinski definition) is 2. The lowest BCUT2D eigenvalue weighted by atomic mass is 9.87. The van der Waals surface area contributed by atoms with Crippen LogP contribution in [0.4, 0.5) is 5.69 Å². The van der Waals surface area contributed by atoms with E-state index < -0.39 is 0 Å². The van der Waals surface area contributed by atoms with Crippen molar-refractivity contribution in [3.05, 3.63) is 59.9 Å². The highest BCUT2D eigenvalue weighted by Gasteiger charge is 2.13. The maximum Gasteiger partial charge on any atom is 0.230 e. The van der Waals surface area contributed by atoms with E-state index in [4.69, 9.17) is 0 Å². The first kappa shape index (κ1) is 14.3. The zero-order valence-corrected chi connectivity index (χ0v) is 12.2. The number of rotatable bonds is 3. The molecule has 0 bridgehead atoms. The SMILES string of the molecule is CC(C)(C)c1ccc(NC(=O)Cc2ccccn2)cc1. The minimum Gasteiger partial charge on any atom is -0.326 e. The summed E-state index contributed by atoms with van der Waals surface area (Å²) in [6, 6.07) is 13.6. The van der Waals surface area contributed by atoms with Gasteiger partial charge in [-0.25, -0.2) is 0 Å². The van der Waals surface area contributed by atoms with Crippen molar-refractivity contribution >= 4 is 11.6 Å². The molecule has 1 aromatic carbocycles. The van der Waals surface area contributed by atoms with E-state index in [-0.39, 0.29) is 11.3 Å². The molecule has 104 valence electrons. The minimum atomic E-state index is -0.0489. The van der Waals surface area contributed by atoms with Crippen molar-refractivity contribution < 1.29 is 4.79 Å². The lowest BCUT2D eigenvalue weighted by Gasteiger charge is -2.19. The minimum absolute atomic E-state index is 0.0489. The van der Waals surface area contributed by atoms with Crippen LogP contribution in [0.5, 0.6) is 0 Å². The third-order valence-corrected chi connectivity index (χ3v) is 3.10.